The zero-order valence-electron chi connectivity index (χ0n) is 16.0. The maximum absolute atomic E-state index is 13.3. The maximum Gasteiger partial charge on any atom is 0.278 e. The summed E-state index contributed by atoms with van der Waals surface area (Å²) in [7, 11) is 1.79. The Morgan fingerprint density at radius 2 is 2.07 bits per heavy atom. The molecule has 1 aliphatic rings. The SMILES string of the molecule is Cc1cccc2sc(N(CCN3CCOCC3)C(=O)c3ccnn3C)nc12.Cl. The number of carbonyl (C=O) groups excluding carboxylic acids is 1. The second-order valence-corrected chi connectivity index (χ2v) is 7.68. The van der Waals surface area contributed by atoms with E-state index in [-0.39, 0.29) is 18.3 Å². The molecule has 28 heavy (non-hydrogen) atoms. The van der Waals surface area contributed by atoms with Crippen molar-refractivity contribution < 1.29 is 9.53 Å². The van der Waals surface area contributed by atoms with E-state index >= 15 is 0 Å². The van der Waals surface area contributed by atoms with E-state index in [9.17, 15) is 4.79 Å². The first kappa shape index (κ1) is 20.7. The van der Waals surface area contributed by atoms with Gasteiger partial charge >= 0.3 is 0 Å². The number of amides is 1. The Kier molecular flexibility index (Phi) is 6.66. The first-order valence-corrected chi connectivity index (χ1v) is 9.91. The molecule has 1 fully saturated rings. The normalized spacial score (nSPS) is 14.8. The zero-order chi connectivity index (χ0) is 18.8. The second-order valence-electron chi connectivity index (χ2n) is 6.67. The number of morpholine rings is 1. The molecule has 0 bridgehead atoms. The second kappa shape index (κ2) is 9.00. The van der Waals surface area contributed by atoms with E-state index in [0.717, 1.165) is 53.8 Å². The minimum Gasteiger partial charge on any atom is -0.379 e. The molecule has 4 rings (SSSR count). The van der Waals surface area contributed by atoms with Crippen molar-refractivity contribution in [1.29, 1.82) is 0 Å². The van der Waals surface area contributed by atoms with Crippen LogP contribution >= 0.6 is 23.7 Å². The Morgan fingerprint density at radius 1 is 1.29 bits per heavy atom. The molecule has 1 saturated heterocycles. The number of para-hydroxylation sites is 1. The number of halogens is 1. The minimum absolute atomic E-state index is 0. The molecule has 0 N–H and O–H groups in total. The van der Waals surface area contributed by atoms with Gasteiger partial charge in [0.1, 0.15) is 5.69 Å². The van der Waals surface area contributed by atoms with Crippen molar-refractivity contribution >= 4 is 45.0 Å². The Bertz CT molecular complexity index is 951. The first-order valence-electron chi connectivity index (χ1n) is 9.09. The van der Waals surface area contributed by atoms with Crippen LogP contribution in [0.5, 0.6) is 0 Å². The third-order valence-electron chi connectivity index (χ3n) is 4.87. The fourth-order valence-corrected chi connectivity index (χ4v) is 4.33. The Hall–Kier alpha value is -2.00. The van der Waals surface area contributed by atoms with Gasteiger partial charge in [-0.15, -0.1) is 12.4 Å². The summed E-state index contributed by atoms with van der Waals surface area (Å²) >= 11 is 1.56. The molecule has 3 heterocycles. The highest BCUT2D eigenvalue weighted by molar-refractivity contribution is 7.22. The van der Waals surface area contributed by atoms with Gasteiger partial charge in [-0.2, -0.15) is 5.10 Å². The van der Waals surface area contributed by atoms with Crippen LogP contribution in [0, 0.1) is 6.92 Å². The topological polar surface area (TPSA) is 63.5 Å². The van der Waals surface area contributed by atoms with Crippen LogP contribution in [0.1, 0.15) is 16.1 Å². The molecule has 0 saturated carbocycles. The maximum atomic E-state index is 13.3. The molecule has 3 aromatic rings. The average Bonchev–Trinajstić information content (AvgIpc) is 3.29. The number of fused-ring (bicyclic) bond motifs is 1. The number of ether oxygens (including phenoxy) is 1. The number of nitrogens with zero attached hydrogens (tertiary/aromatic N) is 5. The molecule has 150 valence electrons. The average molecular weight is 422 g/mol. The summed E-state index contributed by atoms with van der Waals surface area (Å²) in [5.41, 5.74) is 2.65. The van der Waals surface area contributed by atoms with Gasteiger partial charge in [0, 0.05) is 39.4 Å². The van der Waals surface area contributed by atoms with E-state index in [0.29, 0.717) is 12.2 Å². The number of benzene rings is 1. The standard InChI is InChI=1S/C19H23N5O2S.ClH/c1-14-4-3-5-16-17(14)21-19(27-16)24(9-8-23-10-12-26-13-11-23)18(25)15-6-7-20-22(15)2;/h3-7H,8-13H2,1-2H3;1H. The molecule has 2 aromatic heterocycles. The quantitative estimate of drug-likeness (QED) is 0.633. The van der Waals surface area contributed by atoms with Gasteiger partial charge in [-0.05, 0) is 24.6 Å². The molecule has 0 unspecified atom stereocenters. The summed E-state index contributed by atoms with van der Waals surface area (Å²) in [6.45, 7) is 6.71. The summed E-state index contributed by atoms with van der Waals surface area (Å²) in [6.07, 6.45) is 1.65. The first-order chi connectivity index (χ1) is 13.1. The van der Waals surface area contributed by atoms with Crippen LogP contribution in [0.15, 0.2) is 30.5 Å². The Labute approximate surface area is 174 Å². The molecule has 0 radical (unpaired) electrons. The van der Waals surface area contributed by atoms with E-state index in [1.807, 2.05) is 19.1 Å². The molecular formula is C19H24ClN5O2S. The monoisotopic (exact) mass is 421 g/mol. The largest absolute Gasteiger partial charge is 0.379 e. The summed E-state index contributed by atoms with van der Waals surface area (Å²) in [6, 6.07) is 7.88. The van der Waals surface area contributed by atoms with Crippen LogP contribution in [0.4, 0.5) is 5.13 Å². The van der Waals surface area contributed by atoms with E-state index in [4.69, 9.17) is 9.72 Å². The fraction of sp³-hybridized carbons (Fsp3) is 0.421. The van der Waals surface area contributed by atoms with Gasteiger partial charge in [0.15, 0.2) is 5.13 Å². The molecule has 0 spiro atoms. The summed E-state index contributed by atoms with van der Waals surface area (Å²) in [5.74, 6) is -0.0695. The van der Waals surface area contributed by atoms with E-state index < -0.39 is 0 Å². The van der Waals surface area contributed by atoms with E-state index in [1.165, 1.54) is 0 Å². The highest BCUT2D eigenvalue weighted by Crippen LogP contribution is 2.31. The van der Waals surface area contributed by atoms with Crippen LogP contribution in [0.25, 0.3) is 10.2 Å². The number of rotatable bonds is 5. The van der Waals surface area contributed by atoms with E-state index in [2.05, 4.69) is 16.1 Å². The van der Waals surface area contributed by atoms with Crippen molar-refractivity contribution in [1.82, 2.24) is 19.7 Å². The third-order valence-corrected chi connectivity index (χ3v) is 5.91. The van der Waals surface area contributed by atoms with Gasteiger partial charge in [0.05, 0.1) is 23.4 Å². The van der Waals surface area contributed by atoms with Crippen molar-refractivity contribution in [3.8, 4) is 0 Å². The zero-order valence-corrected chi connectivity index (χ0v) is 17.6. The molecule has 9 heteroatoms. The number of thiazole rings is 1. The Balaban J connectivity index is 0.00000225. The van der Waals surface area contributed by atoms with E-state index in [1.54, 1.807) is 40.2 Å². The van der Waals surface area contributed by atoms with Crippen LogP contribution in [-0.2, 0) is 11.8 Å². The lowest BCUT2D eigenvalue weighted by Gasteiger charge is -2.29. The molecule has 1 aromatic carbocycles. The molecule has 1 amide bonds. The van der Waals surface area contributed by atoms with Crippen molar-refractivity contribution in [2.75, 3.05) is 44.3 Å². The fourth-order valence-electron chi connectivity index (χ4n) is 3.26. The predicted molar refractivity (Wildman–Crippen MR) is 114 cm³/mol. The molecular weight excluding hydrogens is 398 g/mol. The van der Waals surface area contributed by atoms with Gasteiger partial charge in [0.25, 0.3) is 5.91 Å². The van der Waals surface area contributed by atoms with Crippen molar-refractivity contribution in [3.63, 3.8) is 0 Å². The summed E-state index contributed by atoms with van der Waals surface area (Å²) < 4.78 is 8.13. The number of carbonyl (C=O) groups is 1. The lowest BCUT2D eigenvalue weighted by atomic mass is 10.2. The van der Waals surface area contributed by atoms with Crippen LogP contribution in [0.3, 0.4) is 0 Å². The van der Waals surface area contributed by atoms with Crippen molar-refractivity contribution in [2.45, 2.75) is 6.92 Å². The lowest BCUT2D eigenvalue weighted by Crippen LogP contribution is -2.43. The third kappa shape index (κ3) is 4.20. The van der Waals surface area contributed by atoms with Gasteiger partial charge in [-0.1, -0.05) is 23.5 Å². The highest BCUT2D eigenvalue weighted by atomic mass is 35.5. The van der Waals surface area contributed by atoms with Crippen LogP contribution < -0.4 is 4.90 Å². The molecule has 7 nitrogen and oxygen atoms in total. The number of aryl methyl sites for hydroxylation is 2. The summed E-state index contributed by atoms with van der Waals surface area (Å²) in [4.78, 5) is 22.2. The van der Waals surface area contributed by atoms with Gasteiger partial charge in [-0.3, -0.25) is 19.3 Å². The number of aromatic nitrogens is 3. The molecule has 0 aliphatic carbocycles. The minimum atomic E-state index is -0.0695. The molecule has 1 aliphatic heterocycles. The number of anilines is 1. The van der Waals surface area contributed by atoms with Gasteiger partial charge in [0.2, 0.25) is 0 Å². The highest BCUT2D eigenvalue weighted by Gasteiger charge is 2.24. The van der Waals surface area contributed by atoms with Crippen LogP contribution in [-0.4, -0.2) is 65.0 Å². The Morgan fingerprint density at radius 3 is 2.75 bits per heavy atom. The van der Waals surface area contributed by atoms with Gasteiger partial charge in [-0.25, -0.2) is 4.98 Å². The molecule has 0 atom stereocenters. The van der Waals surface area contributed by atoms with Crippen molar-refractivity contribution in [3.05, 3.63) is 41.7 Å². The number of hydrogen-bond acceptors (Lipinski definition) is 6. The lowest BCUT2D eigenvalue weighted by molar-refractivity contribution is 0.0391. The van der Waals surface area contributed by atoms with Crippen LogP contribution in [0.2, 0.25) is 0 Å². The van der Waals surface area contributed by atoms with Crippen molar-refractivity contribution in [2.24, 2.45) is 7.05 Å². The summed E-state index contributed by atoms with van der Waals surface area (Å²) in [5, 5.41) is 4.88. The smallest absolute Gasteiger partial charge is 0.278 e. The number of hydrogen-bond donors (Lipinski definition) is 0. The van der Waals surface area contributed by atoms with Gasteiger partial charge < -0.3 is 4.74 Å². The predicted octanol–water partition coefficient (Wildman–Crippen LogP) is 2.74.